The van der Waals surface area contributed by atoms with Gasteiger partial charge in [0.15, 0.2) is 0 Å². The second-order valence-electron chi connectivity index (χ2n) is 4.81. The van der Waals surface area contributed by atoms with E-state index in [0.29, 0.717) is 0 Å². The molecule has 0 bridgehead atoms. The summed E-state index contributed by atoms with van der Waals surface area (Å²) in [4.78, 5) is 0. The molecule has 0 aromatic heterocycles. The Morgan fingerprint density at radius 3 is 2.88 bits per heavy atom. The Bertz CT molecular complexity index is 348. The van der Waals surface area contributed by atoms with Crippen LogP contribution in [0.4, 0.5) is 0 Å². The van der Waals surface area contributed by atoms with E-state index in [9.17, 15) is 0 Å². The lowest BCUT2D eigenvalue weighted by Crippen LogP contribution is -2.47. The second-order valence-corrected chi connectivity index (χ2v) is 4.81. The van der Waals surface area contributed by atoms with E-state index in [2.05, 4.69) is 36.6 Å². The number of nitrogens with two attached hydrogens (primary N) is 1. The van der Waals surface area contributed by atoms with Crippen molar-refractivity contribution in [1.82, 2.24) is 5.43 Å². The van der Waals surface area contributed by atoms with Crippen LogP contribution in [0, 0.1) is 6.92 Å². The van der Waals surface area contributed by atoms with Crippen LogP contribution in [0.1, 0.15) is 30.4 Å². The van der Waals surface area contributed by atoms with Gasteiger partial charge in [0.1, 0.15) is 0 Å². The minimum atomic E-state index is 0.219. The fourth-order valence-electron chi connectivity index (χ4n) is 2.46. The molecule has 1 aliphatic heterocycles. The molecule has 94 valence electrons. The third-order valence-electron chi connectivity index (χ3n) is 3.58. The first-order valence-corrected chi connectivity index (χ1v) is 6.43. The molecule has 1 heterocycles. The SMILES string of the molecule is Cc1ccccc1CC(NN)C1CCCCO1. The van der Waals surface area contributed by atoms with Gasteiger partial charge in [-0.05, 0) is 43.7 Å². The van der Waals surface area contributed by atoms with Crippen LogP contribution in [0.2, 0.25) is 0 Å². The van der Waals surface area contributed by atoms with Crippen LogP contribution in [0.25, 0.3) is 0 Å². The summed E-state index contributed by atoms with van der Waals surface area (Å²) in [7, 11) is 0. The van der Waals surface area contributed by atoms with E-state index in [1.54, 1.807) is 0 Å². The third-order valence-corrected chi connectivity index (χ3v) is 3.58. The van der Waals surface area contributed by atoms with Crippen molar-refractivity contribution in [1.29, 1.82) is 0 Å². The number of hydrogen-bond acceptors (Lipinski definition) is 3. The Morgan fingerprint density at radius 1 is 1.41 bits per heavy atom. The zero-order chi connectivity index (χ0) is 12.1. The average molecular weight is 234 g/mol. The van der Waals surface area contributed by atoms with Crippen LogP contribution >= 0.6 is 0 Å². The first kappa shape index (κ1) is 12.6. The summed E-state index contributed by atoms with van der Waals surface area (Å²) in [5.74, 6) is 5.67. The van der Waals surface area contributed by atoms with Crippen molar-refractivity contribution >= 4 is 0 Å². The number of ether oxygens (including phenoxy) is 1. The van der Waals surface area contributed by atoms with E-state index in [0.717, 1.165) is 19.4 Å². The Balaban J connectivity index is 2.01. The Kier molecular flexibility index (Phi) is 4.54. The van der Waals surface area contributed by atoms with Gasteiger partial charge in [-0.15, -0.1) is 0 Å². The molecule has 0 radical (unpaired) electrons. The molecule has 0 spiro atoms. The van der Waals surface area contributed by atoms with Crippen molar-refractivity contribution in [2.75, 3.05) is 6.61 Å². The number of nitrogens with one attached hydrogen (secondary N) is 1. The topological polar surface area (TPSA) is 47.3 Å². The molecule has 0 aliphatic carbocycles. The number of aryl methyl sites for hydroxylation is 1. The summed E-state index contributed by atoms with van der Waals surface area (Å²) in [6.07, 6.45) is 4.73. The molecule has 1 saturated heterocycles. The molecular weight excluding hydrogens is 212 g/mol. The molecule has 1 fully saturated rings. The molecule has 1 aliphatic rings. The van der Waals surface area contributed by atoms with Gasteiger partial charge in [-0.3, -0.25) is 11.3 Å². The van der Waals surface area contributed by atoms with Gasteiger partial charge in [-0.25, -0.2) is 0 Å². The van der Waals surface area contributed by atoms with Gasteiger partial charge in [0.05, 0.1) is 12.1 Å². The summed E-state index contributed by atoms with van der Waals surface area (Å²) in [6.45, 7) is 3.02. The maximum atomic E-state index is 5.80. The fourth-order valence-corrected chi connectivity index (χ4v) is 2.46. The lowest BCUT2D eigenvalue weighted by molar-refractivity contribution is -0.00746. The summed E-state index contributed by atoms with van der Waals surface area (Å²) in [5.41, 5.74) is 5.60. The van der Waals surface area contributed by atoms with Gasteiger partial charge in [-0.2, -0.15) is 0 Å². The van der Waals surface area contributed by atoms with Crippen molar-refractivity contribution in [2.24, 2.45) is 5.84 Å². The van der Waals surface area contributed by atoms with Crippen LogP contribution < -0.4 is 11.3 Å². The first-order chi connectivity index (χ1) is 8.31. The summed E-state index contributed by atoms with van der Waals surface area (Å²) >= 11 is 0. The van der Waals surface area contributed by atoms with Gasteiger partial charge in [-0.1, -0.05) is 24.3 Å². The molecule has 2 atom stereocenters. The van der Waals surface area contributed by atoms with E-state index >= 15 is 0 Å². The van der Waals surface area contributed by atoms with E-state index in [1.807, 2.05) is 0 Å². The number of rotatable bonds is 4. The predicted molar refractivity (Wildman–Crippen MR) is 69.6 cm³/mol. The standard InChI is InChI=1S/C14H22N2O/c1-11-6-2-3-7-12(11)10-13(16-15)14-8-4-5-9-17-14/h2-3,6-7,13-14,16H,4-5,8-10,15H2,1H3. The first-order valence-electron chi connectivity index (χ1n) is 6.43. The Labute approximate surface area is 103 Å². The minimum Gasteiger partial charge on any atom is -0.377 e. The molecule has 0 saturated carbocycles. The number of hydrogen-bond donors (Lipinski definition) is 2. The maximum absolute atomic E-state index is 5.80. The van der Waals surface area contributed by atoms with Crippen LogP contribution in [0.15, 0.2) is 24.3 Å². The van der Waals surface area contributed by atoms with Crippen molar-refractivity contribution in [3.8, 4) is 0 Å². The van der Waals surface area contributed by atoms with Crippen molar-refractivity contribution in [3.05, 3.63) is 35.4 Å². The minimum absolute atomic E-state index is 0.219. The highest BCUT2D eigenvalue weighted by Gasteiger charge is 2.24. The monoisotopic (exact) mass is 234 g/mol. The van der Waals surface area contributed by atoms with Crippen molar-refractivity contribution in [2.45, 2.75) is 44.8 Å². The molecular formula is C14H22N2O. The van der Waals surface area contributed by atoms with Crippen LogP contribution in [-0.2, 0) is 11.2 Å². The maximum Gasteiger partial charge on any atom is 0.0744 e. The van der Waals surface area contributed by atoms with Crippen LogP contribution in [0.3, 0.4) is 0 Å². The van der Waals surface area contributed by atoms with E-state index < -0.39 is 0 Å². The summed E-state index contributed by atoms with van der Waals surface area (Å²) in [6, 6.07) is 8.68. The van der Waals surface area contributed by atoms with Gasteiger partial charge in [0.25, 0.3) is 0 Å². The van der Waals surface area contributed by atoms with E-state index in [-0.39, 0.29) is 12.1 Å². The smallest absolute Gasteiger partial charge is 0.0744 e. The molecule has 1 aromatic carbocycles. The molecule has 3 nitrogen and oxygen atoms in total. The molecule has 2 unspecified atom stereocenters. The fraction of sp³-hybridized carbons (Fsp3) is 0.571. The lowest BCUT2D eigenvalue weighted by Gasteiger charge is -2.30. The molecule has 1 aromatic rings. The zero-order valence-corrected chi connectivity index (χ0v) is 10.5. The molecule has 0 amide bonds. The highest BCUT2D eigenvalue weighted by molar-refractivity contribution is 5.26. The zero-order valence-electron chi connectivity index (χ0n) is 10.5. The van der Waals surface area contributed by atoms with E-state index in [4.69, 9.17) is 10.6 Å². The molecule has 3 heteroatoms. The third kappa shape index (κ3) is 3.28. The Morgan fingerprint density at radius 2 is 2.24 bits per heavy atom. The van der Waals surface area contributed by atoms with Crippen LogP contribution in [-0.4, -0.2) is 18.8 Å². The van der Waals surface area contributed by atoms with Gasteiger partial charge >= 0.3 is 0 Å². The van der Waals surface area contributed by atoms with Gasteiger partial charge < -0.3 is 4.74 Å². The van der Waals surface area contributed by atoms with Gasteiger partial charge in [0, 0.05) is 6.61 Å². The predicted octanol–water partition coefficient (Wildman–Crippen LogP) is 1.94. The number of benzene rings is 1. The quantitative estimate of drug-likeness (QED) is 0.618. The van der Waals surface area contributed by atoms with Gasteiger partial charge in [0.2, 0.25) is 0 Å². The van der Waals surface area contributed by atoms with E-state index in [1.165, 1.54) is 24.0 Å². The van der Waals surface area contributed by atoms with Crippen LogP contribution in [0.5, 0.6) is 0 Å². The largest absolute Gasteiger partial charge is 0.377 e. The summed E-state index contributed by atoms with van der Waals surface area (Å²) in [5, 5.41) is 0. The average Bonchev–Trinajstić information content (AvgIpc) is 2.39. The molecule has 3 N–H and O–H groups in total. The van der Waals surface area contributed by atoms with Crippen molar-refractivity contribution < 1.29 is 4.74 Å². The lowest BCUT2D eigenvalue weighted by atomic mass is 9.94. The number of hydrazine groups is 1. The second kappa shape index (κ2) is 6.15. The highest BCUT2D eigenvalue weighted by Crippen LogP contribution is 2.19. The summed E-state index contributed by atoms with van der Waals surface area (Å²) < 4.78 is 5.80. The van der Waals surface area contributed by atoms with Crippen molar-refractivity contribution in [3.63, 3.8) is 0 Å². The Hall–Kier alpha value is -0.900. The normalized spacial score (nSPS) is 22.4. The molecule has 2 rings (SSSR count). The highest BCUT2D eigenvalue weighted by atomic mass is 16.5. The molecule has 17 heavy (non-hydrogen) atoms.